The molecule has 2 aliphatic carbocycles. The van der Waals surface area contributed by atoms with Crippen molar-refractivity contribution in [3.63, 3.8) is 0 Å². The fourth-order valence-electron chi connectivity index (χ4n) is 3.64. The van der Waals surface area contributed by atoms with E-state index >= 15 is 0 Å². The molecule has 2 aliphatic rings. The second kappa shape index (κ2) is 5.93. The Balaban J connectivity index is 1.80. The van der Waals surface area contributed by atoms with Crippen molar-refractivity contribution >= 4 is 11.9 Å². The van der Waals surface area contributed by atoms with Gasteiger partial charge in [0.15, 0.2) is 0 Å². The molecule has 1 amide bonds. The molecule has 0 unspecified atom stereocenters. The van der Waals surface area contributed by atoms with Crippen molar-refractivity contribution in [3.05, 3.63) is 0 Å². The number of hydrogen-bond donors (Lipinski definition) is 2. The maximum absolute atomic E-state index is 12.1. The van der Waals surface area contributed by atoms with Crippen molar-refractivity contribution in [1.82, 2.24) is 5.32 Å². The van der Waals surface area contributed by atoms with Gasteiger partial charge in [-0.15, -0.1) is 0 Å². The SMILES string of the molecule is CCC1(CNC(=O)[C@@H]2CC[C@H](C(=O)O)C2)CCCC1. The Kier molecular flexibility index (Phi) is 4.48. The number of carboxylic acid groups (broad SMARTS) is 1. The summed E-state index contributed by atoms with van der Waals surface area (Å²) in [6, 6.07) is 0. The lowest BCUT2D eigenvalue weighted by Crippen LogP contribution is -2.38. The summed E-state index contributed by atoms with van der Waals surface area (Å²) in [5.74, 6) is -1.08. The van der Waals surface area contributed by atoms with Crippen LogP contribution in [0.5, 0.6) is 0 Å². The highest BCUT2D eigenvalue weighted by molar-refractivity contribution is 5.80. The second-order valence-corrected chi connectivity index (χ2v) is 6.32. The molecular weight excluding hydrogens is 242 g/mol. The molecule has 0 spiro atoms. The van der Waals surface area contributed by atoms with Gasteiger partial charge in [0.25, 0.3) is 0 Å². The Morgan fingerprint density at radius 3 is 2.37 bits per heavy atom. The predicted octanol–water partition coefficient (Wildman–Crippen LogP) is 2.57. The van der Waals surface area contributed by atoms with E-state index in [0.29, 0.717) is 18.3 Å². The molecule has 0 aromatic rings. The lowest BCUT2D eigenvalue weighted by Gasteiger charge is -2.28. The third-order valence-electron chi connectivity index (χ3n) is 5.20. The average molecular weight is 267 g/mol. The first-order valence-corrected chi connectivity index (χ1v) is 7.57. The van der Waals surface area contributed by atoms with E-state index in [1.54, 1.807) is 0 Å². The van der Waals surface area contributed by atoms with E-state index in [4.69, 9.17) is 5.11 Å². The summed E-state index contributed by atoms with van der Waals surface area (Å²) in [7, 11) is 0. The van der Waals surface area contributed by atoms with Crippen molar-refractivity contribution in [3.8, 4) is 0 Å². The standard InChI is InChI=1S/C15H25NO3/c1-2-15(7-3-4-8-15)10-16-13(17)11-5-6-12(9-11)14(18)19/h11-12H,2-10H2,1H3,(H,16,17)(H,18,19)/t11-,12+/m1/s1. The van der Waals surface area contributed by atoms with Gasteiger partial charge in [0.05, 0.1) is 5.92 Å². The van der Waals surface area contributed by atoms with Crippen LogP contribution in [0.2, 0.25) is 0 Å². The van der Waals surface area contributed by atoms with E-state index in [1.807, 2.05) is 0 Å². The Morgan fingerprint density at radius 1 is 1.21 bits per heavy atom. The Labute approximate surface area is 115 Å². The normalized spacial score (nSPS) is 29.3. The fraction of sp³-hybridized carbons (Fsp3) is 0.867. The highest BCUT2D eigenvalue weighted by Gasteiger charge is 2.36. The number of carbonyl (C=O) groups is 2. The van der Waals surface area contributed by atoms with E-state index in [0.717, 1.165) is 19.4 Å². The van der Waals surface area contributed by atoms with Crippen LogP contribution < -0.4 is 5.32 Å². The number of carboxylic acids is 1. The van der Waals surface area contributed by atoms with Crippen LogP contribution in [0.15, 0.2) is 0 Å². The van der Waals surface area contributed by atoms with Gasteiger partial charge < -0.3 is 10.4 Å². The summed E-state index contributed by atoms with van der Waals surface area (Å²) < 4.78 is 0. The number of aliphatic carboxylic acids is 1. The van der Waals surface area contributed by atoms with Gasteiger partial charge in [-0.3, -0.25) is 9.59 Å². The maximum atomic E-state index is 12.1. The van der Waals surface area contributed by atoms with Crippen LogP contribution in [-0.4, -0.2) is 23.5 Å². The van der Waals surface area contributed by atoms with Crippen molar-refractivity contribution in [2.45, 2.75) is 58.3 Å². The topological polar surface area (TPSA) is 66.4 Å². The molecule has 4 heteroatoms. The lowest BCUT2D eigenvalue weighted by molar-refractivity contribution is -0.141. The molecule has 0 aromatic carbocycles. The molecule has 0 radical (unpaired) electrons. The van der Waals surface area contributed by atoms with Crippen molar-refractivity contribution in [2.24, 2.45) is 17.3 Å². The molecule has 2 saturated carbocycles. The first-order valence-electron chi connectivity index (χ1n) is 7.57. The molecule has 2 N–H and O–H groups in total. The van der Waals surface area contributed by atoms with Crippen LogP contribution in [0.1, 0.15) is 58.3 Å². The molecule has 0 aliphatic heterocycles. The molecule has 0 heterocycles. The van der Waals surface area contributed by atoms with Crippen molar-refractivity contribution in [1.29, 1.82) is 0 Å². The van der Waals surface area contributed by atoms with Crippen LogP contribution in [-0.2, 0) is 9.59 Å². The summed E-state index contributed by atoms with van der Waals surface area (Å²) in [5, 5.41) is 12.0. The van der Waals surface area contributed by atoms with Crippen molar-refractivity contribution < 1.29 is 14.7 Å². The molecular formula is C15H25NO3. The number of nitrogens with one attached hydrogen (secondary N) is 1. The summed E-state index contributed by atoms with van der Waals surface area (Å²) in [4.78, 5) is 23.0. The molecule has 0 bridgehead atoms. The molecule has 19 heavy (non-hydrogen) atoms. The van der Waals surface area contributed by atoms with Gasteiger partial charge in [0.1, 0.15) is 0 Å². The van der Waals surface area contributed by atoms with Crippen LogP contribution >= 0.6 is 0 Å². The quantitative estimate of drug-likeness (QED) is 0.804. The minimum absolute atomic E-state index is 0.0727. The zero-order chi connectivity index (χ0) is 13.9. The minimum atomic E-state index is -0.754. The Bertz CT molecular complexity index is 347. The molecule has 0 aromatic heterocycles. The van der Waals surface area contributed by atoms with E-state index in [1.165, 1.54) is 25.7 Å². The van der Waals surface area contributed by atoms with Crippen LogP contribution in [0.3, 0.4) is 0 Å². The van der Waals surface area contributed by atoms with Gasteiger partial charge in [-0.1, -0.05) is 19.8 Å². The summed E-state index contributed by atoms with van der Waals surface area (Å²) in [5.41, 5.74) is 0.306. The number of carbonyl (C=O) groups excluding carboxylic acids is 1. The molecule has 108 valence electrons. The van der Waals surface area contributed by atoms with E-state index < -0.39 is 5.97 Å². The largest absolute Gasteiger partial charge is 0.481 e. The van der Waals surface area contributed by atoms with Gasteiger partial charge >= 0.3 is 5.97 Å². The van der Waals surface area contributed by atoms with Gasteiger partial charge in [0, 0.05) is 12.5 Å². The number of amides is 1. The van der Waals surface area contributed by atoms with Crippen LogP contribution in [0.25, 0.3) is 0 Å². The van der Waals surface area contributed by atoms with Gasteiger partial charge in [-0.25, -0.2) is 0 Å². The molecule has 2 fully saturated rings. The molecule has 4 nitrogen and oxygen atoms in total. The molecule has 0 saturated heterocycles. The summed E-state index contributed by atoms with van der Waals surface area (Å²) in [6.45, 7) is 2.98. The number of rotatable bonds is 5. The maximum Gasteiger partial charge on any atom is 0.306 e. The first-order chi connectivity index (χ1) is 9.06. The number of hydrogen-bond acceptors (Lipinski definition) is 2. The third kappa shape index (κ3) is 3.28. The van der Waals surface area contributed by atoms with E-state index in [9.17, 15) is 9.59 Å². The van der Waals surface area contributed by atoms with Gasteiger partial charge in [-0.2, -0.15) is 0 Å². The smallest absolute Gasteiger partial charge is 0.306 e. The van der Waals surface area contributed by atoms with E-state index in [-0.39, 0.29) is 17.7 Å². The van der Waals surface area contributed by atoms with Crippen molar-refractivity contribution in [2.75, 3.05) is 6.54 Å². The average Bonchev–Trinajstić information content (AvgIpc) is 3.06. The van der Waals surface area contributed by atoms with E-state index in [2.05, 4.69) is 12.2 Å². The summed E-state index contributed by atoms with van der Waals surface area (Å²) >= 11 is 0. The van der Waals surface area contributed by atoms with Gasteiger partial charge in [0.2, 0.25) is 5.91 Å². The Hall–Kier alpha value is -1.06. The molecule has 2 atom stereocenters. The molecule has 2 rings (SSSR count). The monoisotopic (exact) mass is 267 g/mol. The predicted molar refractivity (Wildman–Crippen MR) is 72.7 cm³/mol. The van der Waals surface area contributed by atoms with Crippen LogP contribution in [0.4, 0.5) is 0 Å². The third-order valence-corrected chi connectivity index (χ3v) is 5.20. The zero-order valence-corrected chi connectivity index (χ0v) is 11.8. The van der Waals surface area contributed by atoms with Gasteiger partial charge in [-0.05, 0) is 43.9 Å². The minimum Gasteiger partial charge on any atom is -0.481 e. The lowest BCUT2D eigenvalue weighted by atomic mass is 9.83. The Morgan fingerprint density at radius 2 is 1.84 bits per heavy atom. The van der Waals surface area contributed by atoms with Crippen LogP contribution in [0, 0.1) is 17.3 Å². The fourth-order valence-corrected chi connectivity index (χ4v) is 3.64. The zero-order valence-electron chi connectivity index (χ0n) is 11.8. The highest BCUT2D eigenvalue weighted by Crippen LogP contribution is 2.40. The summed E-state index contributed by atoms with van der Waals surface area (Å²) in [6.07, 6.45) is 7.98. The highest BCUT2D eigenvalue weighted by atomic mass is 16.4. The second-order valence-electron chi connectivity index (χ2n) is 6.32. The first kappa shape index (κ1) is 14.4.